The third-order valence-corrected chi connectivity index (χ3v) is 6.13. The van der Waals surface area contributed by atoms with E-state index in [-0.39, 0.29) is 22.6 Å². The van der Waals surface area contributed by atoms with Crippen molar-refractivity contribution in [2.75, 3.05) is 13.7 Å². The first-order chi connectivity index (χ1) is 16.3. The van der Waals surface area contributed by atoms with Gasteiger partial charge in [-0.05, 0) is 48.9 Å². The third kappa shape index (κ3) is 6.33. The molecule has 3 aromatic carbocycles. The van der Waals surface area contributed by atoms with E-state index in [1.54, 1.807) is 18.2 Å². The van der Waals surface area contributed by atoms with Crippen LogP contribution in [0.15, 0.2) is 77.7 Å². The molecule has 34 heavy (non-hydrogen) atoms. The minimum absolute atomic E-state index is 0.0622. The highest BCUT2D eigenvalue weighted by Gasteiger charge is 2.17. The Morgan fingerprint density at radius 2 is 1.50 bits per heavy atom. The van der Waals surface area contributed by atoms with Gasteiger partial charge in [0.15, 0.2) is 11.5 Å². The van der Waals surface area contributed by atoms with Crippen LogP contribution >= 0.6 is 0 Å². The maximum absolute atomic E-state index is 12.6. The monoisotopic (exact) mass is 483 g/mol. The molecule has 0 bridgehead atoms. The Hall–Kier alpha value is -3.89. The molecule has 3 aromatic rings. The largest absolute Gasteiger partial charge is 0.493 e. The molecule has 0 aliphatic rings. The van der Waals surface area contributed by atoms with Crippen molar-refractivity contribution in [3.63, 3.8) is 0 Å². The number of ether oxygens (including phenoxy) is 2. The lowest BCUT2D eigenvalue weighted by Crippen LogP contribution is -2.41. The van der Waals surface area contributed by atoms with Crippen LogP contribution in [0.3, 0.4) is 0 Å². The Morgan fingerprint density at radius 1 is 0.824 bits per heavy atom. The van der Waals surface area contributed by atoms with Crippen molar-refractivity contribution in [3.05, 3.63) is 89.5 Å². The molecule has 9 nitrogen and oxygen atoms in total. The molecule has 0 radical (unpaired) electrons. The minimum atomic E-state index is -3.85. The predicted molar refractivity (Wildman–Crippen MR) is 126 cm³/mol. The molecular formula is C24H25N3O6S. The fraction of sp³-hybridized carbons (Fsp3) is 0.167. The van der Waals surface area contributed by atoms with E-state index in [1.165, 1.54) is 43.5 Å². The van der Waals surface area contributed by atoms with Crippen LogP contribution in [0.1, 0.15) is 33.2 Å². The topological polar surface area (TPSA) is 123 Å². The van der Waals surface area contributed by atoms with Crippen LogP contribution in [0, 0.1) is 0 Å². The number of carbonyl (C=O) groups excluding carboxylic acids is 2. The highest BCUT2D eigenvalue weighted by Crippen LogP contribution is 2.27. The molecule has 0 heterocycles. The van der Waals surface area contributed by atoms with E-state index in [4.69, 9.17) is 9.47 Å². The molecule has 10 heteroatoms. The molecule has 3 rings (SSSR count). The summed E-state index contributed by atoms with van der Waals surface area (Å²) in [5.74, 6) is -0.388. The van der Waals surface area contributed by atoms with Crippen LogP contribution in [-0.4, -0.2) is 33.9 Å². The highest BCUT2D eigenvalue weighted by molar-refractivity contribution is 7.89. The van der Waals surface area contributed by atoms with Crippen molar-refractivity contribution < 1.29 is 27.5 Å². The first kappa shape index (κ1) is 24.7. The molecule has 0 spiro atoms. The zero-order valence-corrected chi connectivity index (χ0v) is 19.5. The van der Waals surface area contributed by atoms with Gasteiger partial charge in [-0.25, -0.2) is 13.1 Å². The summed E-state index contributed by atoms with van der Waals surface area (Å²) < 4.78 is 38.4. The van der Waals surface area contributed by atoms with E-state index in [9.17, 15) is 18.0 Å². The summed E-state index contributed by atoms with van der Waals surface area (Å²) in [5, 5.41) is 0. The van der Waals surface area contributed by atoms with Gasteiger partial charge in [0, 0.05) is 17.7 Å². The van der Waals surface area contributed by atoms with Crippen LogP contribution in [0.4, 0.5) is 0 Å². The highest BCUT2D eigenvalue weighted by atomic mass is 32.2. The molecule has 2 amide bonds. The molecule has 0 saturated carbocycles. The van der Waals surface area contributed by atoms with Crippen LogP contribution in [0.25, 0.3) is 0 Å². The van der Waals surface area contributed by atoms with Crippen LogP contribution in [0.5, 0.6) is 11.5 Å². The lowest BCUT2D eigenvalue weighted by molar-refractivity contribution is 0.0846. The van der Waals surface area contributed by atoms with E-state index in [2.05, 4.69) is 15.6 Å². The van der Waals surface area contributed by atoms with Crippen molar-refractivity contribution in [2.24, 2.45) is 0 Å². The summed E-state index contributed by atoms with van der Waals surface area (Å²) in [5.41, 5.74) is 5.69. The Morgan fingerprint density at radius 3 is 2.15 bits per heavy atom. The van der Waals surface area contributed by atoms with Gasteiger partial charge in [0.05, 0.1) is 18.6 Å². The first-order valence-electron chi connectivity index (χ1n) is 10.4. The number of amides is 2. The molecule has 0 aliphatic heterocycles. The number of rotatable bonds is 9. The summed E-state index contributed by atoms with van der Waals surface area (Å²) in [6.45, 7) is 2.38. The molecule has 0 fully saturated rings. The average Bonchev–Trinajstić information content (AvgIpc) is 2.87. The maximum Gasteiger partial charge on any atom is 0.269 e. The Bertz CT molecular complexity index is 1260. The molecule has 178 valence electrons. The lowest BCUT2D eigenvalue weighted by atomic mass is 10.2. The van der Waals surface area contributed by atoms with E-state index in [1.807, 2.05) is 25.1 Å². The number of hydrazine groups is 1. The van der Waals surface area contributed by atoms with Crippen molar-refractivity contribution in [1.29, 1.82) is 0 Å². The van der Waals surface area contributed by atoms with Gasteiger partial charge in [0.25, 0.3) is 11.8 Å². The summed E-state index contributed by atoms with van der Waals surface area (Å²) in [6, 6.07) is 19.2. The Labute approximate surface area is 198 Å². The number of sulfonamides is 1. The molecular weight excluding hydrogens is 458 g/mol. The van der Waals surface area contributed by atoms with Crippen molar-refractivity contribution in [3.8, 4) is 11.5 Å². The molecule has 0 saturated heterocycles. The van der Waals surface area contributed by atoms with Gasteiger partial charge in [0.1, 0.15) is 0 Å². The maximum atomic E-state index is 12.6. The molecule has 0 atom stereocenters. The molecule has 3 N–H and O–H groups in total. The van der Waals surface area contributed by atoms with Crippen LogP contribution in [0.2, 0.25) is 0 Å². The van der Waals surface area contributed by atoms with Crippen molar-refractivity contribution >= 4 is 21.8 Å². The third-order valence-electron chi connectivity index (χ3n) is 4.73. The first-order valence-corrected chi connectivity index (χ1v) is 11.9. The molecule has 0 aliphatic carbocycles. The number of hydrogen-bond donors (Lipinski definition) is 3. The second kappa shape index (κ2) is 11.3. The van der Waals surface area contributed by atoms with Crippen LogP contribution < -0.4 is 25.0 Å². The zero-order valence-electron chi connectivity index (χ0n) is 18.7. The fourth-order valence-electron chi connectivity index (χ4n) is 3.00. The zero-order chi connectivity index (χ0) is 24.6. The van der Waals surface area contributed by atoms with E-state index >= 15 is 0 Å². The van der Waals surface area contributed by atoms with Crippen LogP contribution in [-0.2, 0) is 16.6 Å². The van der Waals surface area contributed by atoms with Crippen molar-refractivity contribution in [1.82, 2.24) is 15.6 Å². The number of hydrogen-bond acceptors (Lipinski definition) is 6. The summed E-state index contributed by atoms with van der Waals surface area (Å²) in [7, 11) is -2.39. The fourth-order valence-corrected chi connectivity index (χ4v) is 4.07. The second-order valence-corrected chi connectivity index (χ2v) is 8.81. The SMILES string of the molecule is CCOc1ccc(C(=O)NNC(=O)c2cccc(S(=O)(=O)NCc3ccccc3)c2)cc1OC. The quantitative estimate of drug-likeness (QED) is 0.402. The minimum Gasteiger partial charge on any atom is -0.493 e. The van der Waals surface area contributed by atoms with Gasteiger partial charge < -0.3 is 9.47 Å². The normalized spacial score (nSPS) is 10.9. The van der Waals surface area contributed by atoms with E-state index in [0.29, 0.717) is 18.1 Å². The molecule has 0 aromatic heterocycles. The average molecular weight is 484 g/mol. The summed E-state index contributed by atoms with van der Waals surface area (Å²) in [6.07, 6.45) is 0. The van der Waals surface area contributed by atoms with E-state index in [0.717, 1.165) is 5.56 Å². The number of nitrogens with one attached hydrogen (secondary N) is 3. The predicted octanol–water partition coefficient (Wildman–Crippen LogP) is 2.65. The van der Waals surface area contributed by atoms with Gasteiger partial charge in [0.2, 0.25) is 10.0 Å². The van der Waals surface area contributed by atoms with Gasteiger partial charge in [-0.1, -0.05) is 36.4 Å². The summed E-state index contributed by atoms with van der Waals surface area (Å²) >= 11 is 0. The van der Waals surface area contributed by atoms with Gasteiger partial charge in [-0.3, -0.25) is 20.4 Å². The lowest BCUT2D eigenvalue weighted by Gasteiger charge is -2.12. The van der Waals surface area contributed by atoms with E-state index < -0.39 is 21.8 Å². The second-order valence-electron chi connectivity index (χ2n) is 7.04. The van der Waals surface area contributed by atoms with Gasteiger partial charge in [-0.15, -0.1) is 0 Å². The molecule has 0 unspecified atom stereocenters. The Balaban J connectivity index is 1.64. The van der Waals surface area contributed by atoms with Crippen molar-refractivity contribution in [2.45, 2.75) is 18.4 Å². The number of methoxy groups -OCH3 is 1. The smallest absolute Gasteiger partial charge is 0.269 e. The van der Waals surface area contributed by atoms with Gasteiger partial charge >= 0.3 is 0 Å². The Kier molecular flexibility index (Phi) is 8.23. The standard InChI is InChI=1S/C24H25N3O6S/c1-3-33-21-13-12-19(15-22(21)32-2)24(29)27-26-23(28)18-10-7-11-20(14-18)34(30,31)25-16-17-8-5-4-6-9-17/h4-15,25H,3,16H2,1-2H3,(H,26,28)(H,27,29). The number of benzene rings is 3. The van der Waals surface area contributed by atoms with Gasteiger partial charge in [-0.2, -0.15) is 0 Å². The summed E-state index contributed by atoms with van der Waals surface area (Å²) in [4.78, 5) is 24.9. The number of carbonyl (C=O) groups is 2.